The second kappa shape index (κ2) is 80.0. The van der Waals surface area contributed by atoms with Gasteiger partial charge in [-0.2, -0.15) is 0 Å². The van der Waals surface area contributed by atoms with Gasteiger partial charge in [-0.3, -0.25) is 0 Å². The summed E-state index contributed by atoms with van der Waals surface area (Å²) in [6.45, 7) is 0. The predicted molar refractivity (Wildman–Crippen MR) is 31.5 cm³/mol. The van der Waals surface area contributed by atoms with Gasteiger partial charge in [-0.1, -0.05) is 0 Å². The van der Waals surface area contributed by atoms with Crippen molar-refractivity contribution in [3.63, 3.8) is 0 Å². The van der Waals surface area contributed by atoms with Gasteiger partial charge >= 0.3 is 143 Å². The molecule has 0 radical (unpaired) electrons. The molecule has 0 aromatic carbocycles. The minimum atomic E-state index is -1.75. The molecule has 0 aliphatic heterocycles. The Balaban J connectivity index is -0.0000000145. The van der Waals surface area contributed by atoms with E-state index in [0.29, 0.717) is 0 Å². The number of hydrogen-bond acceptors (Lipinski definition) is 8. The molecule has 14 heteroatoms. The molecule has 0 unspecified atom stereocenters. The Bertz CT molecular complexity index is 75.3. The zero-order chi connectivity index (χ0) is 10.8. The second-order valence-electron chi connectivity index (χ2n) is 0.385. The first-order valence-electron chi connectivity index (χ1n) is 1.89. The molecule has 0 fully saturated rings. The van der Waals surface area contributed by atoms with Crippen molar-refractivity contribution in [2.45, 2.75) is 0 Å². The molecule has 0 saturated carbocycles. The zero-order valence-corrected chi connectivity index (χ0v) is 16.2. The summed E-state index contributed by atoms with van der Waals surface area (Å²) < 4.78 is 67.7. The molecule has 0 rings (SSSR count). The summed E-state index contributed by atoms with van der Waals surface area (Å²) >= 11 is -7.00. The van der Waals surface area contributed by atoms with Crippen LogP contribution in [0, 0.1) is 0 Å². The van der Waals surface area contributed by atoms with Crippen LogP contribution in [0.15, 0.2) is 0 Å². The zero-order valence-electron chi connectivity index (χ0n) is 7.15. The van der Waals surface area contributed by atoms with Crippen molar-refractivity contribution in [3.05, 3.63) is 0 Å². The third-order valence-electron chi connectivity index (χ3n) is 0. The fourth-order valence-corrected chi connectivity index (χ4v) is 0. The molecule has 0 heterocycles. The average molecular weight is 329 g/mol. The third-order valence-corrected chi connectivity index (χ3v) is 0. The molecule has 0 N–H and O–H groups in total. The molecule has 0 bridgehead atoms. The third kappa shape index (κ3) is 523. The summed E-state index contributed by atoms with van der Waals surface area (Å²) in [6.07, 6.45) is 0. The van der Waals surface area contributed by atoms with Gasteiger partial charge in [0, 0.05) is 0 Å². The van der Waals surface area contributed by atoms with Gasteiger partial charge in [0.15, 0.2) is 0 Å². The summed E-state index contributed by atoms with van der Waals surface area (Å²) in [5.74, 6) is 0. The maximum atomic E-state index is 8.46. The van der Waals surface area contributed by atoms with E-state index < -0.39 is 61.9 Å². The summed E-state index contributed by atoms with van der Waals surface area (Å²) in [7, 11) is 0. The Labute approximate surface area is 141 Å². The van der Waals surface area contributed by atoms with Crippen LogP contribution in [0.4, 0.5) is 0 Å². The van der Waals surface area contributed by atoms with Crippen LogP contribution in [-0.2, 0) is 15.2 Å². The van der Waals surface area contributed by atoms with Crippen LogP contribution in [0.2, 0.25) is 0 Å². The van der Waals surface area contributed by atoms with Crippen molar-refractivity contribution in [2.75, 3.05) is 0 Å². The van der Waals surface area contributed by atoms with Crippen molar-refractivity contribution < 1.29 is 61.4 Å². The van der Waals surface area contributed by atoms with Gasteiger partial charge < -0.3 is 0 Å². The van der Waals surface area contributed by atoms with Gasteiger partial charge in [0.1, 0.15) is 0 Å². The first kappa shape index (κ1) is 36.0. The van der Waals surface area contributed by atoms with Gasteiger partial charge in [0.05, 0.1) is 0 Å². The standard InChI is InChI=1S/4Al.Ga.Na.8O/q;;;;+3;+1;;;;;4*-1. The minimum absolute atomic E-state index is 0. The van der Waals surface area contributed by atoms with E-state index in [4.69, 9.17) is 31.8 Å². The molecule has 8 nitrogen and oxygen atoms in total. The van der Waals surface area contributed by atoms with Gasteiger partial charge in [0.25, 0.3) is 0 Å². The second-order valence-corrected chi connectivity index (χ2v) is 1.15. The molecule has 0 aliphatic rings. The monoisotopic (exact) mass is 328 g/mol. The van der Waals surface area contributed by atoms with Crippen LogP contribution in [0.3, 0.4) is 0 Å². The molecular weight excluding hydrogens is 329 g/mol. The summed E-state index contributed by atoms with van der Waals surface area (Å²) in [5, 5.41) is 0. The Hall–Kier alpha value is 2.17. The fraction of sp³-hybridized carbons (Fsp3) is 0. The Morgan fingerprint density at radius 1 is 0.571 bits per heavy atom. The molecular formula is Al4GaNaO8. The Morgan fingerprint density at radius 3 is 0.571 bits per heavy atom. The van der Waals surface area contributed by atoms with E-state index in [9.17, 15) is 0 Å². The van der Waals surface area contributed by atoms with Crippen molar-refractivity contribution in [2.24, 2.45) is 0 Å². The molecule has 0 atom stereocenters. The SMILES string of the molecule is [Ga+3].[Na+].[O]=[Al][O-].[O]=[Al][O-].[O]=[Al][O-].[O]=[Al][O-]. The topological polar surface area (TPSA) is 161 Å². The van der Waals surface area contributed by atoms with E-state index in [1.54, 1.807) is 0 Å². The molecule has 64 valence electrons. The van der Waals surface area contributed by atoms with Crippen LogP contribution in [0.1, 0.15) is 0 Å². The molecule has 0 aromatic heterocycles. The predicted octanol–water partition coefficient (Wildman–Crippen LogP) is -10.1. The first-order chi connectivity index (χ1) is 5.66. The first-order valence-corrected chi connectivity index (χ1v) is 5.66. The van der Waals surface area contributed by atoms with Crippen LogP contribution in [-0.4, -0.2) is 81.7 Å². The molecule has 0 amide bonds. The van der Waals surface area contributed by atoms with Crippen LogP contribution in [0.25, 0.3) is 0 Å². The Kier molecular flexibility index (Phi) is 206. The molecule has 0 aromatic rings. The van der Waals surface area contributed by atoms with E-state index in [0.717, 1.165) is 0 Å². The summed E-state index contributed by atoms with van der Waals surface area (Å²) in [4.78, 5) is 0. The van der Waals surface area contributed by atoms with E-state index in [-0.39, 0.29) is 49.3 Å². The summed E-state index contributed by atoms with van der Waals surface area (Å²) in [6, 6.07) is 0. The van der Waals surface area contributed by atoms with E-state index in [1.165, 1.54) is 0 Å². The van der Waals surface area contributed by atoms with Gasteiger partial charge in [-0.25, -0.2) is 0 Å². The quantitative estimate of drug-likeness (QED) is 0.396. The van der Waals surface area contributed by atoms with E-state index >= 15 is 0 Å². The van der Waals surface area contributed by atoms with Crippen LogP contribution >= 0.6 is 0 Å². The van der Waals surface area contributed by atoms with E-state index in [2.05, 4.69) is 0 Å². The summed E-state index contributed by atoms with van der Waals surface area (Å²) in [5.41, 5.74) is 0. The molecule has 0 spiro atoms. The number of rotatable bonds is 0. The van der Waals surface area contributed by atoms with Crippen molar-refractivity contribution >= 4 is 81.7 Å². The van der Waals surface area contributed by atoms with Crippen molar-refractivity contribution in [3.8, 4) is 0 Å². The average Bonchev–Trinajstić information content (AvgIpc) is 1.92. The van der Waals surface area contributed by atoms with Crippen LogP contribution < -0.4 is 46.2 Å². The van der Waals surface area contributed by atoms with E-state index in [1.807, 2.05) is 0 Å². The number of hydrogen-bond donors (Lipinski definition) is 0. The molecule has 0 saturated heterocycles. The Morgan fingerprint density at radius 2 is 0.571 bits per heavy atom. The maximum absolute atomic E-state index is 8.46. The van der Waals surface area contributed by atoms with Crippen molar-refractivity contribution in [1.29, 1.82) is 0 Å². The van der Waals surface area contributed by atoms with Crippen LogP contribution in [0.5, 0.6) is 0 Å². The fourth-order valence-electron chi connectivity index (χ4n) is 0. The normalized spacial score (nSPS) is 2.29. The van der Waals surface area contributed by atoms with Gasteiger partial charge in [-0.05, 0) is 0 Å². The van der Waals surface area contributed by atoms with Gasteiger partial charge in [0.2, 0.25) is 0 Å². The van der Waals surface area contributed by atoms with Crippen molar-refractivity contribution in [1.82, 2.24) is 0 Å². The molecule has 14 heavy (non-hydrogen) atoms. The molecule has 0 aliphatic carbocycles. The van der Waals surface area contributed by atoms with Gasteiger partial charge in [-0.15, -0.1) is 0 Å².